The molecule has 0 spiro atoms. The Kier molecular flexibility index (Phi) is 5.13. The fourth-order valence-electron chi connectivity index (χ4n) is 4.65. The lowest BCUT2D eigenvalue weighted by Gasteiger charge is -2.42. The largest absolute Gasteiger partial charge is 0.380 e. The number of anilines is 1. The SMILES string of the molecule is Cc1ccc(NC2CN(C(C)C)C2)cc1C(=O)NC1(c2ccnc3c(F)cccc23)CC1. The molecule has 3 aromatic rings. The van der Waals surface area contributed by atoms with Gasteiger partial charge < -0.3 is 10.6 Å². The minimum absolute atomic E-state index is 0.0950. The Morgan fingerprint density at radius 3 is 2.69 bits per heavy atom. The predicted octanol–water partition coefficient (Wildman–Crippen LogP) is 4.61. The molecule has 1 aliphatic heterocycles. The molecule has 166 valence electrons. The lowest BCUT2D eigenvalue weighted by atomic mass is 9.98. The van der Waals surface area contributed by atoms with E-state index in [0.29, 0.717) is 23.2 Å². The number of pyridine rings is 1. The zero-order valence-corrected chi connectivity index (χ0v) is 18.8. The number of rotatable bonds is 6. The van der Waals surface area contributed by atoms with E-state index in [-0.39, 0.29) is 11.7 Å². The smallest absolute Gasteiger partial charge is 0.252 e. The van der Waals surface area contributed by atoms with Crippen LogP contribution in [-0.2, 0) is 5.54 Å². The van der Waals surface area contributed by atoms with Crippen LogP contribution >= 0.6 is 0 Å². The van der Waals surface area contributed by atoms with Gasteiger partial charge in [-0.1, -0.05) is 18.2 Å². The van der Waals surface area contributed by atoms with Crippen molar-refractivity contribution in [1.82, 2.24) is 15.2 Å². The summed E-state index contributed by atoms with van der Waals surface area (Å²) in [5.41, 5.74) is 3.40. The molecule has 0 unspecified atom stereocenters. The Hall–Kier alpha value is -2.99. The van der Waals surface area contributed by atoms with Gasteiger partial charge in [-0.3, -0.25) is 14.7 Å². The highest BCUT2D eigenvalue weighted by molar-refractivity contribution is 5.98. The summed E-state index contributed by atoms with van der Waals surface area (Å²) in [5, 5.41) is 7.57. The van der Waals surface area contributed by atoms with Crippen molar-refractivity contribution >= 4 is 22.5 Å². The number of nitrogens with zero attached hydrogens (tertiary/aromatic N) is 2. The fraction of sp³-hybridized carbons (Fsp3) is 0.385. The lowest BCUT2D eigenvalue weighted by Crippen LogP contribution is -2.57. The van der Waals surface area contributed by atoms with E-state index in [9.17, 15) is 9.18 Å². The molecule has 2 aromatic carbocycles. The number of carbonyl (C=O) groups is 1. The first-order chi connectivity index (χ1) is 15.4. The summed E-state index contributed by atoms with van der Waals surface area (Å²) >= 11 is 0. The Labute approximate surface area is 188 Å². The van der Waals surface area contributed by atoms with Crippen molar-refractivity contribution in [3.05, 3.63) is 71.2 Å². The van der Waals surface area contributed by atoms with E-state index in [1.807, 2.05) is 37.3 Å². The van der Waals surface area contributed by atoms with Gasteiger partial charge in [0, 0.05) is 42.0 Å². The Morgan fingerprint density at radius 2 is 1.97 bits per heavy atom. The number of aryl methyl sites for hydroxylation is 1. The van der Waals surface area contributed by atoms with Gasteiger partial charge in [-0.25, -0.2) is 4.39 Å². The Balaban J connectivity index is 1.36. The van der Waals surface area contributed by atoms with Gasteiger partial charge in [-0.2, -0.15) is 0 Å². The van der Waals surface area contributed by atoms with Crippen LogP contribution in [0.2, 0.25) is 0 Å². The molecule has 2 heterocycles. The van der Waals surface area contributed by atoms with Gasteiger partial charge >= 0.3 is 0 Å². The van der Waals surface area contributed by atoms with Gasteiger partial charge in [0.1, 0.15) is 11.3 Å². The van der Waals surface area contributed by atoms with Gasteiger partial charge in [0.2, 0.25) is 0 Å². The summed E-state index contributed by atoms with van der Waals surface area (Å²) in [7, 11) is 0. The average molecular weight is 433 g/mol. The summed E-state index contributed by atoms with van der Waals surface area (Å²) in [4.78, 5) is 19.9. The number of hydrogen-bond acceptors (Lipinski definition) is 4. The van der Waals surface area contributed by atoms with Crippen molar-refractivity contribution in [2.75, 3.05) is 18.4 Å². The van der Waals surface area contributed by atoms with E-state index in [2.05, 4.69) is 34.4 Å². The molecule has 1 saturated carbocycles. The molecule has 2 N–H and O–H groups in total. The second kappa shape index (κ2) is 7.85. The van der Waals surface area contributed by atoms with E-state index in [0.717, 1.165) is 48.1 Å². The number of amides is 1. The second-order valence-corrected chi connectivity index (χ2v) is 9.45. The van der Waals surface area contributed by atoms with Crippen molar-refractivity contribution in [3.63, 3.8) is 0 Å². The van der Waals surface area contributed by atoms with Crippen LogP contribution in [0.1, 0.15) is 48.2 Å². The van der Waals surface area contributed by atoms with Crippen LogP contribution in [0.3, 0.4) is 0 Å². The predicted molar refractivity (Wildman–Crippen MR) is 125 cm³/mol. The first-order valence-electron chi connectivity index (χ1n) is 11.3. The van der Waals surface area contributed by atoms with Crippen LogP contribution in [0.5, 0.6) is 0 Å². The average Bonchev–Trinajstić information content (AvgIpc) is 3.51. The summed E-state index contributed by atoms with van der Waals surface area (Å²) in [5.74, 6) is -0.435. The van der Waals surface area contributed by atoms with Gasteiger partial charge in [-0.05, 0) is 69.0 Å². The van der Waals surface area contributed by atoms with E-state index in [1.165, 1.54) is 6.07 Å². The van der Waals surface area contributed by atoms with E-state index in [1.54, 1.807) is 12.3 Å². The number of carbonyl (C=O) groups excluding carboxylic acids is 1. The van der Waals surface area contributed by atoms with Crippen molar-refractivity contribution in [2.24, 2.45) is 0 Å². The monoisotopic (exact) mass is 432 g/mol. The highest BCUT2D eigenvalue weighted by Crippen LogP contribution is 2.48. The zero-order valence-electron chi connectivity index (χ0n) is 18.8. The highest BCUT2D eigenvalue weighted by Gasteiger charge is 2.47. The number of benzene rings is 2. The van der Waals surface area contributed by atoms with E-state index < -0.39 is 5.54 Å². The molecule has 32 heavy (non-hydrogen) atoms. The molecule has 0 atom stereocenters. The van der Waals surface area contributed by atoms with Gasteiger partial charge in [0.25, 0.3) is 5.91 Å². The van der Waals surface area contributed by atoms with Crippen molar-refractivity contribution < 1.29 is 9.18 Å². The highest BCUT2D eigenvalue weighted by atomic mass is 19.1. The molecule has 1 amide bonds. The molecule has 1 saturated heterocycles. The minimum atomic E-state index is -0.465. The third kappa shape index (κ3) is 3.73. The molecule has 0 radical (unpaired) electrons. The number of halogens is 1. The summed E-state index contributed by atoms with van der Waals surface area (Å²) < 4.78 is 14.2. The molecule has 1 aliphatic carbocycles. The maximum absolute atomic E-state index is 14.2. The van der Waals surface area contributed by atoms with Crippen molar-refractivity contribution in [2.45, 2.75) is 51.2 Å². The maximum Gasteiger partial charge on any atom is 0.252 e. The zero-order chi connectivity index (χ0) is 22.5. The van der Waals surface area contributed by atoms with E-state index >= 15 is 0 Å². The maximum atomic E-state index is 14.2. The lowest BCUT2D eigenvalue weighted by molar-refractivity contribution is 0.0930. The van der Waals surface area contributed by atoms with Crippen LogP contribution in [0.4, 0.5) is 10.1 Å². The number of likely N-dealkylation sites (tertiary alicyclic amines) is 1. The van der Waals surface area contributed by atoms with Crippen LogP contribution in [0.25, 0.3) is 10.9 Å². The number of para-hydroxylation sites is 1. The standard InChI is InChI=1S/C26H29FN4O/c1-16(2)31-14-19(15-31)29-18-8-7-17(3)21(13-18)25(32)30-26(10-11-26)22-9-12-28-24-20(22)5-4-6-23(24)27/h4-9,12-13,16,19,29H,10-11,14-15H2,1-3H3,(H,30,32). The fourth-order valence-corrected chi connectivity index (χ4v) is 4.65. The topological polar surface area (TPSA) is 57.3 Å². The third-order valence-electron chi connectivity index (χ3n) is 6.83. The molecule has 1 aromatic heterocycles. The number of fused-ring (bicyclic) bond motifs is 1. The van der Waals surface area contributed by atoms with Gasteiger partial charge in [0.05, 0.1) is 11.6 Å². The number of nitrogens with one attached hydrogen (secondary N) is 2. The van der Waals surface area contributed by atoms with Crippen LogP contribution < -0.4 is 10.6 Å². The van der Waals surface area contributed by atoms with Gasteiger partial charge in [-0.15, -0.1) is 0 Å². The van der Waals surface area contributed by atoms with Crippen molar-refractivity contribution in [3.8, 4) is 0 Å². The number of aromatic nitrogens is 1. The van der Waals surface area contributed by atoms with E-state index in [4.69, 9.17) is 0 Å². The summed E-state index contributed by atoms with van der Waals surface area (Å²) in [6.07, 6.45) is 3.29. The molecule has 2 fully saturated rings. The molecule has 5 rings (SSSR count). The van der Waals surface area contributed by atoms with Gasteiger partial charge in [0.15, 0.2) is 0 Å². The quantitative estimate of drug-likeness (QED) is 0.598. The molecule has 2 aliphatic rings. The van der Waals surface area contributed by atoms with Crippen LogP contribution in [-0.4, -0.2) is 41.0 Å². The summed E-state index contributed by atoms with van der Waals surface area (Å²) in [6.45, 7) is 8.40. The first-order valence-corrected chi connectivity index (χ1v) is 11.3. The third-order valence-corrected chi connectivity index (χ3v) is 6.83. The molecule has 5 nitrogen and oxygen atoms in total. The normalized spacial score (nSPS) is 17.9. The van der Waals surface area contributed by atoms with Crippen LogP contribution in [0.15, 0.2) is 48.7 Å². The first kappa shape index (κ1) is 20.9. The summed E-state index contributed by atoms with van der Waals surface area (Å²) in [6, 6.07) is 13.8. The second-order valence-electron chi connectivity index (χ2n) is 9.45. The Bertz CT molecular complexity index is 1180. The molecular weight excluding hydrogens is 403 g/mol. The number of hydrogen-bond donors (Lipinski definition) is 2. The Morgan fingerprint density at radius 1 is 1.19 bits per heavy atom. The molecular formula is C26H29FN4O. The van der Waals surface area contributed by atoms with Crippen molar-refractivity contribution in [1.29, 1.82) is 0 Å². The molecule has 6 heteroatoms. The minimum Gasteiger partial charge on any atom is -0.380 e. The van der Waals surface area contributed by atoms with Crippen LogP contribution in [0, 0.1) is 12.7 Å². The molecule has 0 bridgehead atoms.